The number of likely N-dealkylation sites (tertiary alicyclic amines) is 1. The molecule has 1 aliphatic heterocycles. The first-order chi connectivity index (χ1) is 10.1. The molecule has 1 heterocycles. The van der Waals surface area contributed by atoms with Gasteiger partial charge in [0.2, 0.25) is 0 Å². The van der Waals surface area contributed by atoms with Crippen LogP contribution in [0.15, 0.2) is 18.2 Å². The van der Waals surface area contributed by atoms with E-state index < -0.39 is 6.04 Å². The Morgan fingerprint density at radius 2 is 2.19 bits per heavy atom. The van der Waals surface area contributed by atoms with Crippen molar-refractivity contribution < 1.29 is 19.1 Å². The maximum Gasteiger partial charge on any atom is 0.328 e. The molecule has 114 valence electrons. The van der Waals surface area contributed by atoms with E-state index in [1.807, 2.05) is 0 Å². The number of anilines is 1. The Morgan fingerprint density at radius 3 is 2.86 bits per heavy atom. The Kier molecular flexibility index (Phi) is 4.67. The summed E-state index contributed by atoms with van der Waals surface area (Å²) in [7, 11) is 1.50. The zero-order valence-electron chi connectivity index (χ0n) is 12.3. The van der Waals surface area contributed by atoms with Gasteiger partial charge in [0.1, 0.15) is 11.8 Å². The Balaban J connectivity index is 2.26. The first-order valence-corrected chi connectivity index (χ1v) is 6.99. The van der Waals surface area contributed by atoms with Crippen molar-refractivity contribution in [3.05, 3.63) is 23.8 Å². The van der Waals surface area contributed by atoms with Crippen molar-refractivity contribution in [1.82, 2.24) is 4.90 Å². The Bertz CT molecular complexity index is 544. The summed E-state index contributed by atoms with van der Waals surface area (Å²) in [6, 6.07) is 4.37. The summed E-state index contributed by atoms with van der Waals surface area (Å²) in [6.07, 6.45) is 1.40. The average Bonchev–Trinajstić information content (AvgIpc) is 2.96. The molecule has 1 aromatic carbocycles. The van der Waals surface area contributed by atoms with Crippen LogP contribution in [0.1, 0.15) is 30.1 Å². The van der Waals surface area contributed by atoms with E-state index >= 15 is 0 Å². The molecule has 0 aromatic heterocycles. The molecular formula is C15H20N2O4. The minimum atomic E-state index is -0.524. The van der Waals surface area contributed by atoms with Gasteiger partial charge in [-0.2, -0.15) is 0 Å². The van der Waals surface area contributed by atoms with E-state index in [9.17, 15) is 9.59 Å². The maximum atomic E-state index is 12.7. The van der Waals surface area contributed by atoms with Gasteiger partial charge in [-0.1, -0.05) is 0 Å². The molecule has 1 unspecified atom stereocenters. The minimum absolute atomic E-state index is 0.255. The van der Waals surface area contributed by atoms with Crippen molar-refractivity contribution in [2.24, 2.45) is 0 Å². The molecule has 1 saturated heterocycles. The number of ether oxygens (including phenoxy) is 2. The van der Waals surface area contributed by atoms with Crippen molar-refractivity contribution in [1.29, 1.82) is 0 Å². The van der Waals surface area contributed by atoms with E-state index in [1.165, 1.54) is 12.0 Å². The van der Waals surface area contributed by atoms with Crippen LogP contribution in [-0.2, 0) is 9.53 Å². The predicted octanol–water partition coefficient (Wildman–Crippen LogP) is 1.45. The lowest BCUT2D eigenvalue weighted by atomic mass is 10.1. The number of nitrogens with two attached hydrogens (primary N) is 1. The highest BCUT2D eigenvalue weighted by atomic mass is 16.5. The summed E-state index contributed by atoms with van der Waals surface area (Å²) < 4.78 is 10.2. The molecule has 1 fully saturated rings. The SMILES string of the molecule is CCOC(=O)C1CCCN1C(=O)c1cc(N)ccc1OC. The smallest absolute Gasteiger partial charge is 0.328 e. The number of nitrogens with zero attached hydrogens (tertiary/aromatic N) is 1. The van der Waals surface area contributed by atoms with Crippen molar-refractivity contribution in [3.63, 3.8) is 0 Å². The van der Waals surface area contributed by atoms with E-state index in [0.29, 0.717) is 36.6 Å². The molecule has 0 spiro atoms. The first-order valence-electron chi connectivity index (χ1n) is 6.99. The van der Waals surface area contributed by atoms with Gasteiger partial charge in [0.25, 0.3) is 5.91 Å². The van der Waals surface area contributed by atoms with E-state index in [1.54, 1.807) is 25.1 Å². The molecule has 1 aliphatic rings. The van der Waals surface area contributed by atoms with Crippen LogP contribution in [0.3, 0.4) is 0 Å². The Hall–Kier alpha value is -2.24. The van der Waals surface area contributed by atoms with E-state index in [0.717, 1.165) is 6.42 Å². The van der Waals surface area contributed by atoms with Gasteiger partial charge in [-0.05, 0) is 38.0 Å². The fourth-order valence-electron chi connectivity index (χ4n) is 2.54. The number of benzene rings is 1. The molecule has 0 radical (unpaired) electrons. The molecule has 2 rings (SSSR count). The van der Waals surface area contributed by atoms with Crippen LogP contribution in [0.5, 0.6) is 5.75 Å². The Labute approximate surface area is 123 Å². The van der Waals surface area contributed by atoms with Gasteiger partial charge >= 0.3 is 5.97 Å². The lowest BCUT2D eigenvalue weighted by Crippen LogP contribution is -2.41. The number of nitrogen functional groups attached to an aromatic ring is 1. The van der Waals surface area contributed by atoms with Crippen LogP contribution in [-0.4, -0.2) is 43.1 Å². The number of hydrogen-bond donors (Lipinski definition) is 1. The summed E-state index contributed by atoms with van der Waals surface area (Å²) in [5.41, 5.74) is 6.59. The van der Waals surface area contributed by atoms with Gasteiger partial charge in [-0.3, -0.25) is 4.79 Å². The highest BCUT2D eigenvalue weighted by Gasteiger charge is 2.36. The average molecular weight is 292 g/mol. The molecule has 0 aliphatic carbocycles. The van der Waals surface area contributed by atoms with Crippen LogP contribution < -0.4 is 10.5 Å². The Morgan fingerprint density at radius 1 is 1.43 bits per heavy atom. The van der Waals surface area contributed by atoms with E-state index in [-0.39, 0.29) is 11.9 Å². The summed E-state index contributed by atoms with van der Waals surface area (Å²) in [5.74, 6) is -0.162. The third-order valence-corrected chi connectivity index (χ3v) is 3.53. The number of carbonyl (C=O) groups excluding carboxylic acids is 2. The quantitative estimate of drug-likeness (QED) is 0.671. The number of carbonyl (C=O) groups is 2. The van der Waals surface area contributed by atoms with Gasteiger partial charge < -0.3 is 20.1 Å². The molecule has 0 saturated carbocycles. The molecule has 2 N–H and O–H groups in total. The van der Waals surface area contributed by atoms with Gasteiger partial charge in [0, 0.05) is 12.2 Å². The monoisotopic (exact) mass is 292 g/mol. The third kappa shape index (κ3) is 3.09. The van der Waals surface area contributed by atoms with Gasteiger partial charge in [0.15, 0.2) is 0 Å². The standard InChI is InChI=1S/C15H20N2O4/c1-3-21-15(19)12-5-4-8-17(12)14(18)11-9-10(16)6-7-13(11)20-2/h6-7,9,12H,3-5,8,16H2,1-2H3. The minimum Gasteiger partial charge on any atom is -0.496 e. The largest absolute Gasteiger partial charge is 0.496 e. The summed E-state index contributed by atoms with van der Waals surface area (Å²) >= 11 is 0. The lowest BCUT2D eigenvalue weighted by molar-refractivity contribution is -0.147. The zero-order valence-corrected chi connectivity index (χ0v) is 12.3. The zero-order chi connectivity index (χ0) is 15.4. The maximum absolute atomic E-state index is 12.7. The molecule has 0 bridgehead atoms. The third-order valence-electron chi connectivity index (χ3n) is 3.53. The van der Waals surface area contributed by atoms with Gasteiger partial charge in [0.05, 0.1) is 19.3 Å². The van der Waals surface area contributed by atoms with Crippen LogP contribution in [0, 0.1) is 0 Å². The molecule has 1 amide bonds. The highest BCUT2D eigenvalue weighted by Crippen LogP contribution is 2.27. The van der Waals surface area contributed by atoms with Crippen molar-refractivity contribution in [3.8, 4) is 5.75 Å². The molecule has 6 nitrogen and oxygen atoms in total. The molecule has 21 heavy (non-hydrogen) atoms. The van der Waals surface area contributed by atoms with E-state index in [2.05, 4.69) is 0 Å². The summed E-state index contributed by atoms with van der Waals surface area (Å²) in [4.78, 5) is 26.2. The first kappa shape index (κ1) is 15.2. The van der Waals surface area contributed by atoms with Gasteiger partial charge in [-0.15, -0.1) is 0 Å². The van der Waals surface area contributed by atoms with Crippen molar-refractivity contribution in [2.45, 2.75) is 25.8 Å². The fourth-order valence-corrected chi connectivity index (χ4v) is 2.54. The van der Waals surface area contributed by atoms with Crippen molar-refractivity contribution in [2.75, 3.05) is 26.0 Å². The molecule has 6 heteroatoms. The topological polar surface area (TPSA) is 81.9 Å². The number of esters is 1. The second-order valence-corrected chi connectivity index (χ2v) is 4.87. The summed E-state index contributed by atoms with van der Waals surface area (Å²) in [6.45, 7) is 2.58. The predicted molar refractivity (Wildman–Crippen MR) is 78.1 cm³/mol. The number of rotatable bonds is 4. The highest BCUT2D eigenvalue weighted by molar-refractivity contribution is 6.00. The molecular weight excluding hydrogens is 272 g/mol. The fraction of sp³-hybridized carbons (Fsp3) is 0.467. The normalized spacial score (nSPS) is 17.6. The van der Waals surface area contributed by atoms with Crippen LogP contribution in [0.2, 0.25) is 0 Å². The van der Waals surface area contributed by atoms with Crippen LogP contribution in [0.25, 0.3) is 0 Å². The number of hydrogen-bond acceptors (Lipinski definition) is 5. The summed E-state index contributed by atoms with van der Waals surface area (Å²) in [5, 5.41) is 0. The van der Waals surface area contributed by atoms with Gasteiger partial charge in [-0.25, -0.2) is 4.79 Å². The van der Waals surface area contributed by atoms with Crippen LogP contribution >= 0.6 is 0 Å². The second-order valence-electron chi connectivity index (χ2n) is 4.87. The molecule has 1 aromatic rings. The lowest BCUT2D eigenvalue weighted by Gasteiger charge is -2.24. The molecule has 1 atom stereocenters. The van der Waals surface area contributed by atoms with Crippen molar-refractivity contribution >= 4 is 17.6 Å². The van der Waals surface area contributed by atoms with E-state index in [4.69, 9.17) is 15.2 Å². The van der Waals surface area contributed by atoms with Crippen LogP contribution in [0.4, 0.5) is 5.69 Å². The second kappa shape index (κ2) is 6.47. The number of amides is 1. The number of methoxy groups -OCH3 is 1.